The van der Waals surface area contributed by atoms with Crippen molar-refractivity contribution in [3.8, 4) is 0 Å². The third-order valence-electron chi connectivity index (χ3n) is 1.76. The zero-order valence-corrected chi connectivity index (χ0v) is 10.2. The minimum Gasteiger partial charge on any atom is -0.453 e. The first-order valence-electron chi connectivity index (χ1n) is 5.38. The molecule has 5 heteroatoms. The average Bonchev–Trinajstić information content (AvgIpc) is 2.64. The molecule has 94 valence electrons. The van der Waals surface area contributed by atoms with Crippen LogP contribution in [-0.4, -0.2) is 30.3 Å². The van der Waals surface area contributed by atoms with Gasteiger partial charge in [0.05, 0.1) is 0 Å². The van der Waals surface area contributed by atoms with E-state index in [1.165, 1.54) is 0 Å². The predicted octanol–water partition coefficient (Wildman–Crippen LogP) is 1.55. The Morgan fingerprint density at radius 1 is 1.24 bits per heavy atom. The van der Waals surface area contributed by atoms with Crippen LogP contribution in [0.4, 0.5) is 4.79 Å². The van der Waals surface area contributed by atoms with E-state index in [-0.39, 0.29) is 12.6 Å². The smallest absolute Gasteiger partial charge is 0.408 e. The van der Waals surface area contributed by atoms with E-state index in [2.05, 4.69) is 5.32 Å². The lowest BCUT2D eigenvalue weighted by molar-refractivity contribution is -0.143. The predicted molar refractivity (Wildman–Crippen MR) is 62.4 cm³/mol. The van der Waals surface area contributed by atoms with Crippen LogP contribution in [0, 0.1) is 0 Å². The van der Waals surface area contributed by atoms with Gasteiger partial charge in [-0.3, -0.25) is 4.79 Å². The van der Waals surface area contributed by atoms with Crippen LogP contribution < -0.4 is 5.32 Å². The number of ether oxygens (including phenoxy) is 2. The number of amides is 1. The molecule has 0 aromatic rings. The topological polar surface area (TPSA) is 64.6 Å². The van der Waals surface area contributed by atoms with Gasteiger partial charge in [0, 0.05) is 0 Å². The molecule has 0 saturated heterocycles. The van der Waals surface area contributed by atoms with Gasteiger partial charge in [-0.25, -0.2) is 4.79 Å². The molecular formula is C12H17NO4. The summed E-state index contributed by atoms with van der Waals surface area (Å²) in [4.78, 5) is 22.5. The first-order chi connectivity index (χ1) is 7.87. The van der Waals surface area contributed by atoms with Gasteiger partial charge < -0.3 is 14.8 Å². The number of hydrogen-bond donors (Lipinski definition) is 1. The Balaban J connectivity index is 2.21. The molecule has 1 aliphatic rings. The molecule has 0 spiro atoms. The first kappa shape index (κ1) is 13.3. The highest BCUT2D eigenvalue weighted by atomic mass is 16.6. The molecule has 0 atom stereocenters. The maximum atomic E-state index is 11.3. The fourth-order valence-electron chi connectivity index (χ4n) is 1.14. The zero-order chi connectivity index (χ0) is 12.9. The molecule has 17 heavy (non-hydrogen) atoms. The Hall–Kier alpha value is -1.78. The molecule has 0 aliphatic heterocycles. The van der Waals surface area contributed by atoms with E-state index in [0.717, 1.165) is 0 Å². The number of allylic oxidation sites excluding steroid dienone is 2. The summed E-state index contributed by atoms with van der Waals surface area (Å²) in [6, 6.07) is 0. The van der Waals surface area contributed by atoms with E-state index in [0.29, 0.717) is 0 Å². The Kier molecular flexibility index (Phi) is 4.31. The number of carbonyl (C=O) groups excluding carboxylic acids is 2. The van der Waals surface area contributed by atoms with Crippen LogP contribution in [0.3, 0.4) is 0 Å². The second-order valence-electron chi connectivity index (χ2n) is 4.58. The van der Waals surface area contributed by atoms with Crippen LogP contribution in [0.25, 0.3) is 0 Å². The largest absolute Gasteiger partial charge is 0.453 e. The number of rotatable bonds is 3. The van der Waals surface area contributed by atoms with Gasteiger partial charge in [-0.1, -0.05) is 12.2 Å². The highest BCUT2D eigenvalue weighted by Crippen LogP contribution is 2.06. The molecule has 1 aliphatic carbocycles. The van der Waals surface area contributed by atoms with Crippen LogP contribution in [0.5, 0.6) is 0 Å². The van der Waals surface area contributed by atoms with E-state index in [1.807, 2.05) is 0 Å². The van der Waals surface area contributed by atoms with Crippen LogP contribution in [-0.2, 0) is 14.3 Å². The van der Waals surface area contributed by atoms with Crippen LogP contribution in [0.15, 0.2) is 24.3 Å². The van der Waals surface area contributed by atoms with E-state index < -0.39 is 17.7 Å². The molecule has 0 radical (unpaired) electrons. The molecule has 0 heterocycles. The van der Waals surface area contributed by atoms with E-state index in [1.54, 1.807) is 45.1 Å². The molecule has 0 bridgehead atoms. The summed E-state index contributed by atoms with van der Waals surface area (Å²) in [6.45, 7) is 5.05. The SMILES string of the molecule is CC(C)(C)OC(=O)NCC(=O)OC1C=CC=C1. The van der Waals surface area contributed by atoms with E-state index in [9.17, 15) is 9.59 Å². The number of alkyl carbamates (subject to hydrolysis) is 1. The summed E-state index contributed by atoms with van der Waals surface area (Å²) < 4.78 is 9.98. The van der Waals surface area contributed by atoms with Crippen molar-refractivity contribution in [1.82, 2.24) is 5.32 Å². The van der Waals surface area contributed by atoms with Gasteiger partial charge >= 0.3 is 12.1 Å². The van der Waals surface area contributed by atoms with Crippen molar-refractivity contribution in [3.63, 3.8) is 0 Å². The summed E-state index contributed by atoms with van der Waals surface area (Å²) in [6.07, 6.45) is 6.10. The summed E-state index contributed by atoms with van der Waals surface area (Å²) >= 11 is 0. The number of esters is 1. The second kappa shape index (κ2) is 5.52. The van der Waals surface area contributed by atoms with Gasteiger partial charge in [-0.15, -0.1) is 0 Å². The fourth-order valence-corrected chi connectivity index (χ4v) is 1.14. The summed E-state index contributed by atoms with van der Waals surface area (Å²) in [5.74, 6) is -0.503. The monoisotopic (exact) mass is 239 g/mol. The lowest BCUT2D eigenvalue weighted by Crippen LogP contribution is -2.36. The van der Waals surface area contributed by atoms with Crippen molar-refractivity contribution in [1.29, 1.82) is 0 Å². The lowest BCUT2D eigenvalue weighted by atomic mass is 10.2. The quantitative estimate of drug-likeness (QED) is 0.759. The number of hydrogen-bond acceptors (Lipinski definition) is 4. The molecule has 1 amide bonds. The third kappa shape index (κ3) is 5.75. The Morgan fingerprint density at radius 3 is 2.35 bits per heavy atom. The van der Waals surface area contributed by atoms with E-state index in [4.69, 9.17) is 9.47 Å². The maximum Gasteiger partial charge on any atom is 0.408 e. The highest BCUT2D eigenvalue weighted by Gasteiger charge is 2.17. The van der Waals surface area contributed by atoms with Crippen molar-refractivity contribution in [2.45, 2.75) is 32.5 Å². The summed E-state index contributed by atoms with van der Waals surface area (Å²) in [7, 11) is 0. The molecule has 0 aromatic carbocycles. The Morgan fingerprint density at radius 2 is 1.82 bits per heavy atom. The summed E-state index contributed by atoms with van der Waals surface area (Å²) in [5.41, 5.74) is -0.578. The standard InChI is InChI=1S/C12H17NO4/c1-12(2,3)17-11(15)13-8-10(14)16-9-6-4-5-7-9/h4-7,9H,8H2,1-3H3,(H,13,15). The molecule has 0 saturated carbocycles. The minimum atomic E-state index is -0.632. The number of carbonyl (C=O) groups is 2. The van der Waals surface area contributed by atoms with Crippen LogP contribution in [0.2, 0.25) is 0 Å². The van der Waals surface area contributed by atoms with Crippen molar-refractivity contribution in [3.05, 3.63) is 24.3 Å². The molecule has 0 aromatic heterocycles. The fraction of sp³-hybridized carbons (Fsp3) is 0.500. The third-order valence-corrected chi connectivity index (χ3v) is 1.76. The lowest BCUT2D eigenvalue weighted by Gasteiger charge is -2.19. The van der Waals surface area contributed by atoms with Gasteiger partial charge in [0.2, 0.25) is 0 Å². The normalized spacial score (nSPS) is 14.8. The highest BCUT2D eigenvalue weighted by molar-refractivity contribution is 5.78. The van der Waals surface area contributed by atoms with E-state index >= 15 is 0 Å². The Labute approximate surface area is 100 Å². The Bertz CT molecular complexity index is 340. The number of nitrogens with one attached hydrogen (secondary N) is 1. The van der Waals surface area contributed by atoms with Crippen LogP contribution in [0.1, 0.15) is 20.8 Å². The van der Waals surface area contributed by atoms with Crippen molar-refractivity contribution >= 4 is 12.1 Å². The molecule has 0 unspecified atom stereocenters. The molecule has 5 nitrogen and oxygen atoms in total. The molecule has 1 N–H and O–H groups in total. The average molecular weight is 239 g/mol. The first-order valence-corrected chi connectivity index (χ1v) is 5.38. The van der Waals surface area contributed by atoms with Crippen molar-refractivity contribution < 1.29 is 19.1 Å². The van der Waals surface area contributed by atoms with Gasteiger partial charge in [0.15, 0.2) is 0 Å². The maximum absolute atomic E-state index is 11.3. The second-order valence-corrected chi connectivity index (χ2v) is 4.58. The van der Waals surface area contributed by atoms with Crippen molar-refractivity contribution in [2.75, 3.05) is 6.54 Å². The zero-order valence-electron chi connectivity index (χ0n) is 10.2. The van der Waals surface area contributed by atoms with Crippen LogP contribution >= 0.6 is 0 Å². The molecule has 1 rings (SSSR count). The molecule has 0 fully saturated rings. The van der Waals surface area contributed by atoms with Crippen molar-refractivity contribution in [2.24, 2.45) is 0 Å². The summed E-state index contributed by atoms with van der Waals surface area (Å²) in [5, 5.41) is 2.33. The van der Waals surface area contributed by atoms with Gasteiger partial charge in [0.1, 0.15) is 18.2 Å². The minimum absolute atomic E-state index is 0.201. The van der Waals surface area contributed by atoms with Gasteiger partial charge in [-0.05, 0) is 32.9 Å². The van der Waals surface area contributed by atoms with Gasteiger partial charge in [0.25, 0.3) is 0 Å². The van der Waals surface area contributed by atoms with Gasteiger partial charge in [-0.2, -0.15) is 0 Å². The molecular weight excluding hydrogens is 222 g/mol.